The zero-order valence-corrected chi connectivity index (χ0v) is 17.6. The van der Waals surface area contributed by atoms with E-state index in [1.807, 2.05) is 0 Å². The van der Waals surface area contributed by atoms with Crippen molar-refractivity contribution in [2.75, 3.05) is 18.4 Å². The number of piperidine rings is 1. The molecule has 0 unspecified atom stereocenters. The van der Waals surface area contributed by atoms with Crippen molar-refractivity contribution in [3.05, 3.63) is 58.1 Å². The van der Waals surface area contributed by atoms with Crippen molar-refractivity contribution in [3.8, 4) is 0 Å². The summed E-state index contributed by atoms with van der Waals surface area (Å²) < 4.78 is 27.0. The number of carbonyl (C=O) groups excluding carboxylic acids is 2. The smallest absolute Gasteiger partial charge is 0.248 e. The number of sulfonamides is 1. The summed E-state index contributed by atoms with van der Waals surface area (Å²) in [6.45, 7) is 0.397. The number of nitrogens with zero attached hydrogens (tertiary/aromatic N) is 1. The molecule has 3 N–H and O–H groups in total. The fourth-order valence-corrected chi connectivity index (χ4v) is 5.34. The molecule has 10 heteroatoms. The van der Waals surface area contributed by atoms with Gasteiger partial charge in [-0.05, 0) is 55.3 Å². The van der Waals surface area contributed by atoms with Crippen molar-refractivity contribution >= 4 is 50.7 Å². The molecule has 0 aromatic heterocycles. The van der Waals surface area contributed by atoms with Crippen molar-refractivity contribution in [1.29, 1.82) is 0 Å². The van der Waals surface area contributed by atoms with Crippen LogP contribution in [0.4, 0.5) is 5.69 Å². The summed E-state index contributed by atoms with van der Waals surface area (Å²) in [5.74, 6) is -1.07. The van der Waals surface area contributed by atoms with Gasteiger partial charge in [-0.3, -0.25) is 9.59 Å². The van der Waals surface area contributed by atoms with E-state index in [1.54, 1.807) is 12.1 Å². The highest BCUT2D eigenvalue weighted by molar-refractivity contribution is 7.89. The molecule has 29 heavy (non-hydrogen) atoms. The number of carbonyl (C=O) groups is 2. The molecule has 7 nitrogen and oxygen atoms in total. The van der Waals surface area contributed by atoms with Crippen LogP contribution in [0.2, 0.25) is 10.0 Å². The summed E-state index contributed by atoms with van der Waals surface area (Å²) in [6.07, 6.45) is 0.755. The maximum absolute atomic E-state index is 12.9. The molecule has 3 rings (SSSR count). The average molecular weight is 456 g/mol. The summed E-state index contributed by atoms with van der Waals surface area (Å²) in [5, 5.41) is 3.17. The van der Waals surface area contributed by atoms with Crippen LogP contribution in [0.3, 0.4) is 0 Å². The largest absolute Gasteiger partial charge is 0.366 e. The molecule has 0 bridgehead atoms. The van der Waals surface area contributed by atoms with Crippen LogP contribution >= 0.6 is 23.2 Å². The number of amides is 2. The number of hydrogen-bond acceptors (Lipinski definition) is 4. The third kappa shape index (κ3) is 4.90. The van der Waals surface area contributed by atoms with Crippen LogP contribution in [-0.4, -0.2) is 37.6 Å². The molecule has 1 aliphatic rings. The molecule has 0 aliphatic carbocycles. The summed E-state index contributed by atoms with van der Waals surface area (Å²) in [6, 6.07) is 10.5. The Morgan fingerprint density at radius 1 is 1.03 bits per heavy atom. The Bertz CT molecular complexity index is 1030. The third-order valence-electron chi connectivity index (χ3n) is 4.77. The SMILES string of the molecule is NC(=O)c1ccc(NC(=O)C2CCN(S(=O)(=O)c3cc(Cl)ccc3Cl)CC2)cc1. The van der Waals surface area contributed by atoms with Gasteiger partial charge in [-0.25, -0.2) is 8.42 Å². The van der Waals surface area contributed by atoms with E-state index in [0.717, 1.165) is 0 Å². The predicted octanol–water partition coefficient (Wildman–Crippen LogP) is 3.13. The molecule has 0 spiro atoms. The van der Waals surface area contributed by atoms with Crippen LogP contribution in [0.1, 0.15) is 23.2 Å². The average Bonchev–Trinajstić information content (AvgIpc) is 2.70. The van der Waals surface area contributed by atoms with E-state index < -0.39 is 15.9 Å². The maximum atomic E-state index is 12.9. The van der Waals surface area contributed by atoms with E-state index in [2.05, 4.69) is 5.32 Å². The zero-order valence-electron chi connectivity index (χ0n) is 15.3. The van der Waals surface area contributed by atoms with Gasteiger partial charge in [0, 0.05) is 35.3 Å². The van der Waals surface area contributed by atoms with Crippen LogP contribution < -0.4 is 11.1 Å². The normalized spacial score (nSPS) is 15.8. The fourth-order valence-electron chi connectivity index (χ4n) is 3.13. The van der Waals surface area contributed by atoms with Crippen LogP contribution in [-0.2, 0) is 14.8 Å². The van der Waals surface area contributed by atoms with Crippen molar-refractivity contribution in [3.63, 3.8) is 0 Å². The summed E-state index contributed by atoms with van der Waals surface area (Å²) in [5.41, 5.74) is 6.08. The van der Waals surface area contributed by atoms with E-state index in [0.29, 0.717) is 24.1 Å². The third-order valence-corrected chi connectivity index (χ3v) is 7.39. The molecular weight excluding hydrogens is 437 g/mol. The van der Waals surface area contributed by atoms with E-state index in [1.165, 1.54) is 34.6 Å². The van der Waals surface area contributed by atoms with Gasteiger partial charge in [0.2, 0.25) is 21.8 Å². The lowest BCUT2D eigenvalue weighted by Crippen LogP contribution is -2.41. The second-order valence-electron chi connectivity index (χ2n) is 6.68. The molecular formula is C19H19Cl2N3O4S. The van der Waals surface area contributed by atoms with Gasteiger partial charge in [0.1, 0.15) is 4.90 Å². The lowest BCUT2D eigenvalue weighted by molar-refractivity contribution is -0.120. The van der Waals surface area contributed by atoms with E-state index in [9.17, 15) is 18.0 Å². The minimum Gasteiger partial charge on any atom is -0.366 e. The minimum absolute atomic E-state index is 0.0379. The molecule has 2 aromatic carbocycles. The maximum Gasteiger partial charge on any atom is 0.248 e. The zero-order chi connectivity index (χ0) is 21.2. The Hall–Kier alpha value is -2.13. The lowest BCUT2D eigenvalue weighted by atomic mass is 9.97. The van der Waals surface area contributed by atoms with Crippen LogP contribution in [0.15, 0.2) is 47.4 Å². The van der Waals surface area contributed by atoms with Gasteiger partial charge in [0.15, 0.2) is 0 Å². The number of halogens is 2. The predicted molar refractivity (Wildman–Crippen MR) is 112 cm³/mol. The summed E-state index contributed by atoms with van der Waals surface area (Å²) in [4.78, 5) is 23.6. The Morgan fingerprint density at radius 2 is 1.66 bits per heavy atom. The first-order valence-corrected chi connectivity index (χ1v) is 11.0. The first-order valence-electron chi connectivity index (χ1n) is 8.84. The Balaban J connectivity index is 1.63. The summed E-state index contributed by atoms with van der Waals surface area (Å²) in [7, 11) is -3.79. The van der Waals surface area contributed by atoms with Crippen LogP contribution in [0.25, 0.3) is 0 Å². The highest BCUT2D eigenvalue weighted by atomic mass is 35.5. The lowest BCUT2D eigenvalue weighted by Gasteiger charge is -2.30. The second kappa shape index (κ2) is 8.71. The van der Waals surface area contributed by atoms with Crippen LogP contribution in [0, 0.1) is 5.92 Å². The molecule has 1 heterocycles. The highest BCUT2D eigenvalue weighted by Crippen LogP contribution is 2.30. The monoisotopic (exact) mass is 455 g/mol. The van der Waals surface area contributed by atoms with Gasteiger partial charge in [0.05, 0.1) is 5.02 Å². The Labute approximate surface area is 178 Å². The number of hydrogen-bond donors (Lipinski definition) is 2. The standard InChI is InChI=1S/C19H19Cl2N3O4S/c20-14-3-6-16(21)17(11-14)29(27,28)24-9-7-13(8-10-24)19(26)23-15-4-1-12(2-5-15)18(22)25/h1-6,11,13H,7-10H2,(H2,22,25)(H,23,26). The molecule has 0 radical (unpaired) electrons. The van der Waals surface area contributed by atoms with Gasteiger partial charge >= 0.3 is 0 Å². The highest BCUT2D eigenvalue weighted by Gasteiger charge is 2.33. The minimum atomic E-state index is -3.79. The first-order chi connectivity index (χ1) is 13.7. The topological polar surface area (TPSA) is 110 Å². The van der Waals surface area contributed by atoms with Crippen molar-refractivity contribution in [2.24, 2.45) is 11.7 Å². The van der Waals surface area contributed by atoms with Gasteiger partial charge in [-0.15, -0.1) is 0 Å². The Kier molecular flexibility index (Phi) is 6.48. The molecule has 0 atom stereocenters. The number of nitrogens with two attached hydrogens (primary N) is 1. The Morgan fingerprint density at radius 3 is 2.24 bits per heavy atom. The van der Waals surface area contributed by atoms with E-state index >= 15 is 0 Å². The number of anilines is 1. The van der Waals surface area contributed by atoms with Crippen LogP contribution in [0.5, 0.6) is 0 Å². The van der Waals surface area contributed by atoms with E-state index in [-0.39, 0.29) is 39.9 Å². The van der Waals surface area contributed by atoms with Gasteiger partial charge in [-0.1, -0.05) is 23.2 Å². The van der Waals surface area contributed by atoms with Gasteiger partial charge in [-0.2, -0.15) is 4.31 Å². The number of rotatable bonds is 5. The second-order valence-corrected chi connectivity index (χ2v) is 9.43. The molecule has 154 valence electrons. The molecule has 1 aliphatic heterocycles. The number of primary amides is 1. The molecule has 2 aromatic rings. The number of benzene rings is 2. The molecule has 1 saturated heterocycles. The van der Waals surface area contributed by atoms with Crippen molar-refractivity contribution in [2.45, 2.75) is 17.7 Å². The van der Waals surface area contributed by atoms with Crippen molar-refractivity contribution < 1.29 is 18.0 Å². The molecule has 1 fully saturated rings. The molecule has 0 saturated carbocycles. The van der Waals surface area contributed by atoms with Crippen molar-refractivity contribution in [1.82, 2.24) is 4.31 Å². The molecule has 2 amide bonds. The number of nitrogens with one attached hydrogen (secondary N) is 1. The van der Waals surface area contributed by atoms with Gasteiger partial charge in [0.25, 0.3) is 0 Å². The quantitative estimate of drug-likeness (QED) is 0.721. The van der Waals surface area contributed by atoms with Gasteiger partial charge < -0.3 is 11.1 Å². The summed E-state index contributed by atoms with van der Waals surface area (Å²) >= 11 is 12.0. The first kappa shape index (κ1) is 21.6. The van der Waals surface area contributed by atoms with E-state index in [4.69, 9.17) is 28.9 Å². The fraction of sp³-hybridized carbons (Fsp3) is 0.263.